The van der Waals surface area contributed by atoms with Crippen LogP contribution in [-0.2, 0) is 0 Å². The lowest BCUT2D eigenvalue weighted by molar-refractivity contribution is -0.385. The lowest BCUT2D eigenvalue weighted by Gasteiger charge is -2.23. The van der Waals surface area contributed by atoms with E-state index in [2.05, 4.69) is 5.32 Å². The summed E-state index contributed by atoms with van der Waals surface area (Å²) in [6.45, 7) is 2.52. The van der Waals surface area contributed by atoms with E-state index in [0.29, 0.717) is 11.5 Å². The van der Waals surface area contributed by atoms with Crippen molar-refractivity contribution < 1.29 is 14.5 Å². The van der Waals surface area contributed by atoms with E-state index in [1.165, 1.54) is 25.3 Å². The number of carbonyl (C=O) groups is 1. The Morgan fingerprint density at radius 1 is 1.48 bits per heavy atom. The second-order valence-electron chi connectivity index (χ2n) is 5.42. The SMILES string of the molecule is COc1cc(C(=O)N2CC[C@H]3CNC[C@H]32)ccc1[N+](=O)[O-]. The van der Waals surface area contributed by atoms with Crippen LogP contribution in [0.1, 0.15) is 16.8 Å². The zero-order valence-corrected chi connectivity index (χ0v) is 11.7. The quantitative estimate of drug-likeness (QED) is 0.664. The summed E-state index contributed by atoms with van der Waals surface area (Å²) in [6.07, 6.45) is 1.01. The fraction of sp³-hybridized carbons (Fsp3) is 0.500. The van der Waals surface area contributed by atoms with E-state index in [-0.39, 0.29) is 23.4 Å². The summed E-state index contributed by atoms with van der Waals surface area (Å²) in [4.78, 5) is 24.9. The highest BCUT2D eigenvalue weighted by Crippen LogP contribution is 2.31. The number of benzene rings is 1. The third-order valence-electron chi connectivity index (χ3n) is 4.33. The molecule has 1 aromatic carbocycles. The summed E-state index contributed by atoms with van der Waals surface area (Å²) in [7, 11) is 1.36. The van der Waals surface area contributed by atoms with Gasteiger partial charge in [-0.05, 0) is 18.4 Å². The molecule has 7 nitrogen and oxygen atoms in total. The molecule has 1 aromatic rings. The minimum Gasteiger partial charge on any atom is -0.490 e. The summed E-state index contributed by atoms with van der Waals surface area (Å²) < 4.78 is 5.02. The number of fused-ring (bicyclic) bond motifs is 1. The monoisotopic (exact) mass is 291 g/mol. The standard InChI is InChI=1S/C14H17N3O4/c1-21-13-6-9(2-3-11(13)17(19)20)14(18)16-5-4-10-7-15-8-12(10)16/h2-3,6,10,12,15H,4-5,7-8H2,1H3/t10-,12+/m0/s1. The van der Waals surface area contributed by atoms with Gasteiger partial charge in [0.15, 0.2) is 5.75 Å². The Morgan fingerprint density at radius 3 is 3.00 bits per heavy atom. The molecule has 3 rings (SSSR count). The van der Waals surface area contributed by atoms with Crippen LogP contribution in [0.25, 0.3) is 0 Å². The molecule has 2 fully saturated rings. The Balaban J connectivity index is 1.86. The normalized spacial score (nSPS) is 24.0. The number of hydrogen-bond donors (Lipinski definition) is 1. The Bertz CT molecular complexity index is 590. The number of ether oxygens (including phenoxy) is 1. The van der Waals surface area contributed by atoms with Gasteiger partial charge in [-0.2, -0.15) is 0 Å². The molecule has 0 aromatic heterocycles. The second-order valence-corrected chi connectivity index (χ2v) is 5.42. The van der Waals surface area contributed by atoms with Gasteiger partial charge in [-0.1, -0.05) is 0 Å². The zero-order valence-electron chi connectivity index (χ0n) is 11.7. The van der Waals surface area contributed by atoms with E-state index in [1.807, 2.05) is 4.90 Å². The number of nitro benzene ring substituents is 1. The van der Waals surface area contributed by atoms with Crippen molar-refractivity contribution in [2.45, 2.75) is 12.5 Å². The minimum atomic E-state index is -0.514. The zero-order chi connectivity index (χ0) is 15.0. The second kappa shape index (κ2) is 5.33. The number of nitro groups is 1. The molecule has 2 saturated heterocycles. The van der Waals surface area contributed by atoms with Crippen LogP contribution in [0.15, 0.2) is 18.2 Å². The maximum Gasteiger partial charge on any atom is 0.310 e. The number of nitrogens with zero attached hydrogens (tertiary/aromatic N) is 2. The lowest BCUT2D eigenvalue weighted by atomic mass is 10.0. The molecule has 2 atom stereocenters. The van der Waals surface area contributed by atoms with Crippen molar-refractivity contribution in [3.63, 3.8) is 0 Å². The van der Waals surface area contributed by atoms with Crippen LogP contribution < -0.4 is 10.1 Å². The van der Waals surface area contributed by atoms with Crippen molar-refractivity contribution in [2.75, 3.05) is 26.7 Å². The van der Waals surface area contributed by atoms with Crippen LogP contribution in [0.3, 0.4) is 0 Å². The van der Waals surface area contributed by atoms with Gasteiger partial charge in [0.05, 0.1) is 12.0 Å². The molecule has 0 saturated carbocycles. The van der Waals surface area contributed by atoms with Gasteiger partial charge in [0, 0.05) is 43.4 Å². The van der Waals surface area contributed by atoms with Crippen LogP contribution in [-0.4, -0.2) is 48.5 Å². The third kappa shape index (κ3) is 2.33. The first kappa shape index (κ1) is 13.8. The van der Waals surface area contributed by atoms with Crippen molar-refractivity contribution in [2.24, 2.45) is 5.92 Å². The van der Waals surface area contributed by atoms with Gasteiger partial charge in [-0.15, -0.1) is 0 Å². The fourth-order valence-corrected chi connectivity index (χ4v) is 3.23. The first-order valence-corrected chi connectivity index (χ1v) is 6.96. The summed E-state index contributed by atoms with van der Waals surface area (Å²) in [5.74, 6) is 0.555. The van der Waals surface area contributed by atoms with Crippen molar-refractivity contribution in [3.8, 4) is 5.75 Å². The Morgan fingerprint density at radius 2 is 2.29 bits per heavy atom. The topological polar surface area (TPSA) is 84.7 Å². The van der Waals surface area contributed by atoms with Gasteiger partial charge < -0.3 is 15.0 Å². The Kier molecular flexibility index (Phi) is 3.50. The highest BCUT2D eigenvalue weighted by molar-refractivity contribution is 5.95. The van der Waals surface area contributed by atoms with Crippen LogP contribution in [0, 0.1) is 16.0 Å². The Labute approximate surface area is 122 Å². The van der Waals surface area contributed by atoms with Crippen LogP contribution >= 0.6 is 0 Å². The molecule has 112 valence electrons. The van der Waals surface area contributed by atoms with E-state index >= 15 is 0 Å². The van der Waals surface area contributed by atoms with Crippen molar-refractivity contribution in [1.29, 1.82) is 0 Å². The lowest BCUT2D eigenvalue weighted by Crippen LogP contribution is -2.39. The smallest absolute Gasteiger partial charge is 0.310 e. The van der Waals surface area contributed by atoms with Gasteiger partial charge in [0.25, 0.3) is 5.91 Å². The minimum absolute atomic E-state index is 0.0839. The molecule has 0 bridgehead atoms. The van der Waals surface area contributed by atoms with Gasteiger partial charge in [0.2, 0.25) is 0 Å². The summed E-state index contributed by atoms with van der Waals surface area (Å²) in [6, 6.07) is 4.51. The summed E-state index contributed by atoms with van der Waals surface area (Å²) >= 11 is 0. The van der Waals surface area contributed by atoms with Crippen molar-refractivity contribution in [3.05, 3.63) is 33.9 Å². The van der Waals surface area contributed by atoms with Gasteiger partial charge in [-0.25, -0.2) is 0 Å². The van der Waals surface area contributed by atoms with E-state index in [9.17, 15) is 14.9 Å². The first-order valence-electron chi connectivity index (χ1n) is 6.96. The van der Waals surface area contributed by atoms with Crippen LogP contribution in [0.4, 0.5) is 5.69 Å². The number of hydrogen-bond acceptors (Lipinski definition) is 5. The molecule has 2 aliphatic rings. The molecular weight excluding hydrogens is 274 g/mol. The number of likely N-dealkylation sites (tertiary alicyclic amines) is 1. The summed E-state index contributed by atoms with van der Waals surface area (Å²) in [5.41, 5.74) is 0.306. The average molecular weight is 291 g/mol. The summed E-state index contributed by atoms with van der Waals surface area (Å²) in [5, 5.41) is 14.2. The Hall–Kier alpha value is -2.15. The molecule has 0 spiro atoms. The maximum absolute atomic E-state index is 12.6. The van der Waals surface area contributed by atoms with Gasteiger partial charge in [-0.3, -0.25) is 14.9 Å². The third-order valence-corrected chi connectivity index (χ3v) is 4.33. The molecule has 0 radical (unpaired) electrons. The molecule has 0 aliphatic carbocycles. The van der Waals surface area contributed by atoms with E-state index in [4.69, 9.17) is 4.74 Å². The molecule has 1 amide bonds. The molecule has 7 heteroatoms. The number of nitrogens with one attached hydrogen (secondary N) is 1. The predicted octanol–water partition coefficient (Wildman–Crippen LogP) is 1.04. The number of rotatable bonds is 3. The maximum atomic E-state index is 12.6. The predicted molar refractivity (Wildman–Crippen MR) is 75.4 cm³/mol. The molecule has 0 unspecified atom stereocenters. The largest absolute Gasteiger partial charge is 0.490 e. The van der Waals surface area contributed by atoms with E-state index in [0.717, 1.165) is 26.1 Å². The van der Waals surface area contributed by atoms with Crippen molar-refractivity contribution in [1.82, 2.24) is 10.2 Å². The highest BCUT2D eigenvalue weighted by Gasteiger charge is 2.40. The highest BCUT2D eigenvalue weighted by atomic mass is 16.6. The number of carbonyl (C=O) groups excluding carboxylic acids is 1. The van der Waals surface area contributed by atoms with Crippen LogP contribution in [0.5, 0.6) is 5.75 Å². The molecule has 2 heterocycles. The molecule has 21 heavy (non-hydrogen) atoms. The van der Waals surface area contributed by atoms with Crippen molar-refractivity contribution >= 4 is 11.6 Å². The van der Waals surface area contributed by atoms with E-state index in [1.54, 1.807) is 0 Å². The van der Waals surface area contributed by atoms with Gasteiger partial charge >= 0.3 is 5.69 Å². The first-order chi connectivity index (χ1) is 10.1. The number of methoxy groups -OCH3 is 1. The molecule has 1 N–H and O–H groups in total. The van der Waals surface area contributed by atoms with Gasteiger partial charge in [0.1, 0.15) is 0 Å². The fourth-order valence-electron chi connectivity index (χ4n) is 3.23. The van der Waals surface area contributed by atoms with E-state index < -0.39 is 4.92 Å². The number of amides is 1. The van der Waals surface area contributed by atoms with Crippen LogP contribution in [0.2, 0.25) is 0 Å². The molecular formula is C14H17N3O4. The molecule has 2 aliphatic heterocycles. The average Bonchev–Trinajstić information content (AvgIpc) is 3.08.